The molecule has 176 valence electrons. The highest BCUT2D eigenvalue weighted by atomic mass is 16.5. The van der Waals surface area contributed by atoms with E-state index in [4.69, 9.17) is 10.5 Å². The average Bonchev–Trinajstić information content (AvgIpc) is 2.84. The molecule has 3 aromatic rings. The minimum Gasteiger partial charge on any atom is -0.445 e. The first-order valence-electron chi connectivity index (χ1n) is 11.1. The van der Waals surface area contributed by atoms with Crippen molar-refractivity contribution >= 4 is 17.9 Å². The Bertz CT molecular complexity index is 1090. The van der Waals surface area contributed by atoms with Gasteiger partial charge in [0, 0.05) is 12.8 Å². The molecule has 0 saturated heterocycles. The van der Waals surface area contributed by atoms with Crippen molar-refractivity contribution in [2.75, 3.05) is 0 Å². The smallest absolute Gasteiger partial charge is 0.408 e. The number of hydrogen-bond donors (Lipinski definition) is 3. The second-order valence-electron chi connectivity index (χ2n) is 8.10. The second-order valence-corrected chi connectivity index (χ2v) is 8.10. The van der Waals surface area contributed by atoms with Gasteiger partial charge in [-0.1, -0.05) is 90.5 Å². The fraction of sp³-hybridized carbons (Fsp3) is 0.222. The molecule has 0 bridgehead atoms. The number of aryl methyl sites for hydroxylation is 1. The third-order valence-electron chi connectivity index (χ3n) is 5.32. The van der Waals surface area contributed by atoms with Crippen molar-refractivity contribution in [1.82, 2.24) is 10.6 Å². The minimum atomic E-state index is -0.953. The molecular weight excluding hydrogens is 430 g/mol. The lowest BCUT2D eigenvalue weighted by Crippen LogP contribution is -2.54. The summed E-state index contributed by atoms with van der Waals surface area (Å²) in [6, 6.07) is 24.3. The molecule has 0 heterocycles. The summed E-state index contributed by atoms with van der Waals surface area (Å²) >= 11 is 0. The van der Waals surface area contributed by atoms with Crippen molar-refractivity contribution in [1.29, 1.82) is 0 Å². The van der Waals surface area contributed by atoms with Crippen molar-refractivity contribution in [2.24, 2.45) is 5.73 Å². The van der Waals surface area contributed by atoms with Gasteiger partial charge in [-0.15, -0.1) is 0 Å². The van der Waals surface area contributed by atoms with E-state index in [-0.39, 0.29) is 19.4 Å². The third kappa shape index (κ3) is 7.78. The van der Waals surface area contributed by atoms with Gasteiger partial charge in [0.05, 0.1) is 0 Å². The largest absolute Gasteiger partial charge is 0.445 e. The number of carbonyl (C=O) groups excluding carboxylic acids is 3. The van der Waals surface area contributed by atoms with Gasteiger partial charge in [0.15, 0.2) is 0 Å². The maximum atomic E-state index is 13.1. The molecule has 3 amide bonds. The van der Waals surface area contributed by atoms with Crippen molar-refractivity contribution < 1.29 is 19.1 Å². The lowest BCUT2D eigenvalue weighted by molar-refractivity contribution is -0.128. The normalized spacial score (nSPS) is 12.3. The number of primary amides is 1. The van der Waals surface area contributed by atoms with E-state index >= 15 is 0 Å². The summed E-state index contributed by atoms with van der Waals surface area (Å²) in [6.07, 6.45) is -0.254. The highest BCUT2D eigenvalue weighted by Gasteiger charge is 2.26. The van der Waals surface area contributed by atoms with Crippen molar-refractivity contribution in [3.63, 3.8) is 0 Å². The van der Waals surface area contributed by atoms with Crippen LogP contribution in [0.4, 0.5) is 4.79 Å². The molecule has 3 rings (SSSR count). The minimum absolute atomic E-state index is 0.0731. The highest BCUT2D eigenvalue weighted by molar-refractivity contribution is 5.91. The predicted octanol–water partition coefficient (Wildman–Crippen LogP) is 3.05. The molecule has 0 aliphatic carbocycles. The number of ether oxygens (including phenoxy) is 1. The van der Waals surface area contributed by atoms with Gasteiger partial charge in [-0.3, -0.25) is 9.59 Å². The Morgan fingerprint density at radius 3 is 1.85 bits per heavy atom. The molecule has 0 saturated carbocycles. The molecule has 0 aromatic heterocycles. The van der Waals surface area contributed by atoms with Crippen molar-refractivity contribution in [3.8, 4) is 0 Å². The highest BCUT2D eigenvalue weighted by Crippen LogP contribution is 2.09. The number of benzene rings is 3. The summed E-state index contributed by atoms with van der Waals surface area (Å²) in [7, 11) is 0. The van der Waals surface area contributed by atoms with Crippen LogP contribution in [0.25, 0.3) is 0 Å². The van der Waals surface area contributed by atoms with Crippen molar-refractivity contribution in [3.05, 3.63) is 107 Å². The topological polar surface area (TPSA) is 111 Å². The van der Waals surface area contributed by atoms with Gasteiger partial charge in [-0.05, 0) is 23.6 Å². The molecule has 0 fully saturated rings. The molecule has 4 N–H and O–H groups in total. The Hall–Kier alpha value is -4.13. The van der Waals surface area contributed by atoms with Gasteiger partial charge in [-0.2, -0.15) is 0 Å². The number of nitrogens with one attached hydrogen (secondary N) is 2. The molecule has 0 aliphatic rings. The summed E-state index contributed by atoms with van der Waals surface area (Å²) in [6.45, 7) is 2.04. The van der Waals surface area contributed by atoms with Gasteiger partial charge < -0.3 is 21.1 Å². The maximum Gasteiger partial charge on any atom is 0.408 e. The van der Waals surface area contributed by atoms with E-state index in [0.29, 0.717) is 0 Å². The summed E-state index contributed by atoms with van der Waals surface area (Å²) < 4.78 is 5.28. The predicted molar refractivity (Wildman–Crippen MR) is 130 cm³/mol. The van der Waals surface area contributed by atoms with Crippen LogP contribution in [-0.4, -0.2) is 30.0 Å². The van der Waals surface area contributed by atoms with E-state index in [1.807, 2.05) is 91.9 Å². The van der Waals surface area contributed by atoms with Crippen LogP contribution in [0.1, 0.15) is 22.3 Å². The Morgan fingerprint density at radius 2 is 1.26 bits per heavy atom. The SMILES string of the molecule is Cc1ccc(C[C@@H](NC(=O)[C@H](Cc2ccccc2)NC(=O)OCc2ccccc2)C(N)=O)cc1. The summed E-state index contributed by atoms with van der Waals surface area (Å²) in [5, 5.41) is 5.32. The number of hydrogen-bond acceptors (Lipinski definition) is 4. The van der Waals surface area contributed by atoms with Crippen LogP contribution in [0.15, 0.2) is 84.9 Å². The Balaban J connectivity index is 1.68. The monoisotopic (exact) mass is 459 g/mol. The Morgan fingerprint density at radius 1 is 0.735 bits per heavy atom. The molecular formula is C27H29N3O4. The van der Waals surface area contributed by atoms with Gasteiger partial charge in [-0.25, -0.2) is 4.79 Å². The fourth-order valence-corrected chi connectivity index (χ4v) is 3.42. The number of rotatable bonds is 10. The van der Waals surface area contributed by atoms with Crippen LogP contribution in [0.2, 0.25) is 0 Å². The zero-order valence-electron chi connectivity index (χ0n) is 19.1. The molecule has 7 nitrogen and oxygen atoms in total. The first-order chi connectivity index (χ1) is 16.4. The Kier molecular flexibility index (Phi) is 8.80. The van der Waals surface area contributed by atoms with E-state index in [9.17, 15) is 14.4 Å². The molecule has 2 atom stereocenters. The molecule has 0 aliphatic heterocycles. The number of nitrogens with two attached hydrogens (primary N) is 1. The fourth-order valence-electron chi connectivity index (χ4n) is 3.42. The van der Waals surface area contributed by atoms with Gasteiger partial charge >= 0.3 is 6.09 Å². The molecule has 7 heteroatoms. The molecule has 0 spiro atoms. The van der Waals surface area contributed by atoms with Gasteiger partial charge in [0.1, 0.15) is 18.7 Å². The van der Waals surface area contributed by atoms with Crippen LogP contribution in [-0.2, 0) is 33.8 Å². The summed E-state index contributed by atoms with van der Waals surface area (Å²) in [5.74, 6) is -1.17. The molecule has 34 heavy (non-hydrogen) atoms. The van der Waals surface area contributed by atoms with Gasteiger partial charge in [0.25, 0.3) is 0 Å². The first-order valence-corrected chi connectivity index (χ1v) is 11.1. The van der Waals surface area contributed by atoms with E-state index in [0.717, 1.165) is 22.3 Å². The lowest BCUT2D eigenvalue weighted by Gasteiger charge is -2.22. The van der Waals surface area contributed by atoms with Gasteiger partial charge in [0.2, 0.25) is 11.8 Å². The second kappa shape index (κ2) is 12.2. The number of carbonyl (C=O) groups is 3. The van der Waals surface area contributed by atoms with Crippen LogP contribution in [0.5, 0.6) is 0 Å². The third-order valence-corrected chi connectivity index (χ3v) is 5.32. The summed E-state index contributed by atoms with van der Waals surface area (Å²) in [4.78, 5) is 37.7. The van der Waals surface area contributed by atoms with E-state index in [1.54, 1.807) is 0 Å². The average molecular weight is 460 g/mol. The van der Waals surface area contributed by atoms with Crippen LogP contribution >= 0.6 is 0 Å². The van der Waals surface area contributed by atoms with Crippen LogP contribution in [0.3, 0.4) is 0 Å². The standard InChI is InChI=1S/C27H29N3O4/c1-19-12-14-21(15-13-19)16-23(25(28)31)29-26(32)24(17-20-8-4-2-5-9-20)30-27(33)34-18-22-10-6-3-7-11-22/h2-15,23-24H,16-18H2,1H3,(H2,28,31)(H,29,32)(H,30,33)/t23-,24+/m1/s1. The van der Waals surface area contributed by atoms with Crippen molar-refractivity contribution in [2.45, 2.75) is 38.5 Å². The zero-order valence-corrected chi connectivity index (χ0v) is 19.1. The van der Waals surface area contributed by atoms with Crippen LogP contribution in [0, 0.1) is 6.92 Å². The van der Waals surface area contributed by atoms with E-state index < -0.39 is 30.0 Å². The Labute approximate surface area is 199 Å². The van der Waals surface area contributed by atoms with E-state index in [2.05, 4.69) is 10.6 Å². The lowest BCUT2D eigenvalue weighted by atomic mass is 10.0. The number of alkyl carbamates (subject to hydrolysis) is 1. The molecule has 3 aromatic carbocycles. The molecule has 0 unspecified atom stereocenters. The quantitative estimate of drug-likeness (QED) is 0.433. The van der Waals surface area contributed by atoms with E-state index in [1.165, 1.54) is 0 Å². The first kappa shape index (κ1) is 24.5. The maximum absolute atomic E-state index is 13.1. The molecule has 0 radical (unpaired) electrons. The van der Waals surface area contributed by atoms with Crippen LogP contribution < -0.4 is 16.4 Å². The summed E-state index contributed by atoms with van der Waals surface area (Å²) in [5.41, 5.74) is 9.19. The number of amides is 3. The zero-order chi connectivity index (χ0) is 24.3.